The van der Waals surface area contributed by atoms with E-state index in [1.807, 2.05) is 30.3 Å². The van der Waals surface area contributed by atoms with Gasteiger partial charge >= 0.3 is 6.18 Å². The van der Waals surface area contributed by atoms with Crippen molar-refractivity contribution in [2.45, 2.75) is 32.5 Å². The van der Waals surface area contributed by atoms with E-state index in [4.69, 9.17) is 0 Å². The minimum Gasteiger partial charge on any atom is -0.171 e. The Hall–Kier alpha value is -1.92. The second-order valence-corrected chi connectivity index (χ2v) is 4.70. The first kappa shape index (κ1) is 14.5. The molecule has 0 N–H and O–H groups in total. The normalized spacial score (nSPS) is 13.4. The summed E-state index contributed by atoms with van der Waals surface area (Å²) in [5.41, 5.74) is 1.01. The molecule has 0 amide bonds. The molecule has 0 aliphatic rings. The lowest BCUT2D eigenvalue weighted by molar-refractivity contribution is -0.171. The van der Waals surface area contributed by atoms with Crippen LogP contribution in [0.4, 0.5) is 13.2 Å². The lowest BCUT2D eigenvalue weighted by Gasteiger charge is -2.13. The van der Waals surface area contributed by atoms with Crippen LogP contribution in [0, 0.1) is 5.92 Å². The molecule has 1 atom stereocenters. The molecular formula is C13H15F3N4. The Balaban J connectivity index is 1.90. The Morgan fingerprint density at radius 1 is 1.20 bits per heavy atom. The molecule has 0 saturated heterocycles. The number of aromatic nitrogens is 4. The summed E-state index contributed by atoms with van der Waals surface area (Å²) in [7, 11) is 0. The van der Waals surface area contributed by atoms with Gasteiger partial charge in [0, 0.05) is 6.42 Å². The summed E-state index contributed by atoms with van der Waals surface area (Å²) < 4.78 is 37.1. The number of rotatable bonds is 5. The quantitative estimate of drug-likeness (QED) is 0.848. The zero-order valence-electron chi connectivity index (χ0n) is 11.0. The maximum absolute atomic E-state index is 12.4. The smallest absolute Gasteiger partial charge is 0.171 e. The van der Waals surface area contributed by atoms with Crippen LogP contribution >= 0.6 is 0 Å². The Bertz CT molecular complexity index is 536. The molecule has 0 aliphatic heterocycles. The fourth-order valence-corrected chi connectivity index (χ4v) is 1.70. The number of halogens is 3. The first-order chi connectivity index (χ1) is 9.45. The Labute approximate surface area is 114 Å². The average Bonchev–Trinajstić information content (AvgIpc) is 2.83. The Morgan fingerprint density at radius 2 is 1.90 bits per heavy atom. The molecule has 0 spiro atoms. The highest BCUT2D eigenvalue weighted by Gasteiger charge is 2.35. The van der Waals surface area contributed by atoms with Crippen LogP contribution in [0.5, 0.6) is 0 Å². The summed E-state index contributed by atoms with van der Waals surface area (Å²) in [5, 5.41) is 11.7. The summed E-state index contributed by atoms with van der Waals surface area (Å²) in [6.45, 7) is 1.62. The van der Waals surface area contributed by atoms with Gasteiger partial charge in [0.2, 0.25) is 0 Å². The third kappa shape index (κ3) is 4.04. The standard InChI is InChI=1S/C13H15F3N4/c1-10(13(14,15)16)7-8-12-17-19-20(18-12)9-11-5-3-2-4-6-11/h2-6,10H,7-9H2,1H3. The highest BCUT2D eigenvalue weighted by atomic mass is 19.4. The number of hydrogen-bond donors (Lipinski definition) is 0. The van der Waals surface area contributed by atoms with Crippen LogP contribution in [0.25, 0.3) is 0 Å². The van der Waals surface area contributed by atoms with Crippen molar-refractivity contribution in [1.82, 2.24) is 20.2 Å². The maximum Gasteiger partial charge on any atom is 0.391 e. The number of benzene rings is 1. The number of nitrogens with zero attached hydrogens (tertiary/aromatic N) is 4. The molecule has 1 aromatic heterocycles. The van der Waals surface area contributed by atoms with Crippen molar-refractivity contribution in [3.05, 3.63) is 41.7 Å². The van der Waals surface area contributed by atoms with Crippen molar-refractivity contribution in [3.8, 4) is 0 Å². The molecular weight excluding hydrogens is 269 g/mol. The van der Waals surface area contributed by atoms with Gasteiger partial charge in [-0.2, -0.15) is 18.0 Å². The van der Waals surface area contributed by atoms with E-state index in [1.165, 1.54) is 4.80 Å². The van der Waals surface area contributed by atoms with Gasteiger partial charge in [0.1, 0.15) is 0 Å². The maximum atomic E-state index is 12.4. The average molecular weight is 284 g/mol. The van der Waals surface area contributed by atoms with Gasteiger partial charge < -0.3 is 0 Å². The highest BCUT2D eigenvalue weighted by molar-refractivity contribution is 5.14. The van der Waals surface area contributed by atoms with Crippen LogP contribution in [0.15, 0.2) is 30.3 Å². The Kier molecular flexibility index (Phi) is 4.36. The molecule has 0 bridgehead atoms. The fourth-order valence-electron chi connectivity index (χ4n) is 1.70. The summed E-state index contributed by atoms with van der Waals surface area (Å²) >= 11 is 0. The molecule has 1 unspecified atom stereocenters. The van der Waals surface area contributed by atoms with Crippen molar-refractivity contribution < 1.29 is 13.2 Å². The number of alkyl halides is 3. The van der Waals surface area contributed by atoms with Crippen LogP contribution in [0.2, 0.25) is 0 Å². The third-order valence-electron chi connectivity index (χ3n) is 3.02. The molecule has 0 saturated carbocycles. The number of hydrogen-bond acceptors (Lipinski definition) is 3. The third-order valence-corrected chi connectivity index (χ3v) is 3.02. The minimum atomic E-state index is -4.17. The summed E-state index contributed by atoms with van der Waals surface area (Å²) in [5.74, 6) is -1.01. The van der Waals surface area contributed by atoms with E-state index in [0.29, 0.717) is 12.4 Å². The van der Waals surface area contributed by atoms with E-state index in [1.54, 1.807) is 0 Å². The predicted molar refractivity (Wildman–Crippen MR) is 66.9 cm³/mol. The van der Waals surface area contributed by atoms with Gasteiger partial charge in [-0.05, 0) is 17.2 Å². The van der Waals surface area contributed by atoms with Crippen LogP contribution in [0.3, 0.4) is 0 Å². The molecule has 7 heteroatoms. The van der Waals surface area contributed by atoms with Crippen molar-refractivity contribution in [2.75, 3.05) is 0 Å². The van der Waals surface area contributed by atoms with Crippen molar-refractivity contribution in [2.24, 2.45) is 5.92 Å². The van der Waals surface area contributed by atoms with E-state index in [-0.39, 0.29) is 12.8 Å². The van der Waals surface area contributed by atoms with Crippen LogP contribution in [0.1, 0.15) is 24.7 Å². The van der Waals surface area contributed by atoms with Gasteiger partial charge in [-0.1, -0.05) is 37.3 Å². The molecule has 20 heavy (non-hydrogen) atoms. The van der Waals surface area contributed by atoms with Gasteiger partial charge in [-0.3, -0.25) is 0 Å². The summed E-state index contributed by atoms with van der Waals surface area (Å²) in [4.78, 5) is 1.39. The number of aryl methyl sites for hydroxylation is 1. The van der Waals surface area contributed by atoms with E-state index in [0.717, 1.165) is 12.5 Å². The monoisotopic (exact) mass is 284 g/mol. The van der Waals surface area contributed by atoms with Gasteiger partial charge in [0.15, 0.2) is 5.82 Å². The lowest BCUT2D eigenvalue weighted by Crippen LogP contribution is -2.20. The summed E-state index contributed by atoms with van der Waals surface area (Å²) in [6, 6.07) is 9.56. The molecule has 108 valence electrons. The van der Waals surface area contributed by atoms with Crippen LogP contribution in [-0.2, 0) is 13.0 Å². The molecule has 1 aromatic carbocycles. The van der Waals surface area contributed by atoms with E-state index < -0.39 is 12.1 Å². The first-order valence-electron chi connectivity index (χ1n) is 6.32. The highest BCUT2D eigenvalue weighted by Crippen LogP contribution is 2.28. The summed E-state index contributed by atoms with van der Waals surface area (Å²) in [6.07, 6.45) is -4.02. The predicted octanol–water partition coefficient (Wildman–Crippen LogP) is 2.85. The molecule has 2 aromatic rings. The SMILES string of the molecule is CC(CCc1nnn(Cc2ccccc2)n1)C(F)(F)F. The molecule has 0 radical (unpaired) electrons. The topological polar surface area (TPSA) is 43.6 Å². The van der Waals surface area contributed by atoms with E-state index >= 15 is 0 Å². The number of tetrazole rings is 1. The largest absolute Gasteiger partial charge is 0.391 e. The van der Waals surface area contributed by atoms with E-state index in [2.05, 4.69) is 15.4 Å². The van der Waals surface area contributed by atoms with Gasteiger partial charge in [-0.15, -0.1) is 10.2 Å². The zero-order valence-corrected chi connectivity index (χ0v) is 11.0. The first-order valence-corrected chi connectivity index (χ1v) is 6.32. The Morgan fingerprint density at radius 3 is 2.55 bits per heavy atom. The second kappa shape index (κ2) is 6.02. The molecule has 2 rings (SSSR count). The van der Waals surface area contributed by atoms with Crippen LogP contribution < -0.4 is 0 Å². The fraction of sp³-hybridized carbons (Fsp3) is 0.462. The lowest BCUT2D eigenvalue weighted by atomic mass is 10.1. The van der Waals surface area contributed by atoms with Gasteiger partial charge in [-0.25, -0.2) is 0 Å². The van der Waals surface area contributed by atoms with Crippen molar-refractivity contribution in [3.63, 3.8) is 0 Å². The zero-order chi connectivity index (χ0) is 14.6. The molecule has 0 fully saturated rings. The van der Waals surface area contributed by atoms with E-state index in [9.17, 15) is 13.2 Å². The van der Waals surface area contributed by atoms with Gasteiger partial charge in [0.25, 0.3) is 0 Å². The van der Waals surface area contributed by atoms with Crippen LogP contribution in [-0.4, -0.2) is 26.4 Å². The van der Waals surface area contributed by atoms with Gasteiger partial charge in [0.05, 0.1) is 12.5 Å². The molecule has 0 aliphatic carbocycles. The van der Waals surface area contributed by atoms with Crippen molar-refractivity contribution >= 4 is 0 Å². The van der Waals surface area contributed by atoms with Crippen molar-refractivity contribution in [1.29, 1.82) is 0 Å². The molecule has 4 nitrogen and oxygen atoms in total. The minimum absolute atomic E-state index is 0.0273. The second-order valence-electron chi connectivity index (χ2n) is 4.70. The molecule has 1 heterocycles.